The standard InChI is InChI=1S/C23H28ClN3O/c1-4-12-27(22(28)5-2)13-6-7-17-9-10-19(24)18(15-17)23-25-20-11-8-16(3)14-21(20)26-23/h8-11,14-15H,4-7,12-13H2,1-3H3,(H,25,26). The van der Waals surface area contributed by atoms with E-state index >= 15 is 0 Å². The average molecular weight is 398 g/mol. The van der Waals surface area contributed by atoms with E-state index in [0.717, 1.165) is 54.8 Å². The largest absolute Gasteiger partial charge is 0.343 e. The Labute approximate surface area is 171 Å². The molecule has 0 spiro atoms. The first-order chi connectivity index (χ1) is 13.5. The van der Waals surface area contributed by atoms with Gasteiger partial charge in [-0.25, -0.2) is 4.98 Å². The molecule has 28 heavy (non-hydrogen) atoms. The quantitative estimate of drug-likeness (QED) is 0.524. The molecule has 2 aromatic carbocycles. The molecule has 1 heterocycles. The second-order valence-electron chi connectivity index (χ2n) is 7.26. The number of carbonyl (C=O) groups excluding carboxylic acids is 1. The van der Waals surface area contributed by atoms with Crippen molar-refractivity contribution < 1.29 is 4.79 Å². The maximum atomic E-state index is 12.0. The number of fused-ring (bicyclic) bond motifs is 1. The molecule has 0 unspecified atom stereocenters. The lowest BCUT2D eigenvalue weighted by Crippen LogP contribution is -2.32. The summed E-state index contributed by atoms with van der Waals surface area (Å²) in [6.07, 6.45) is 3.39. The Morgan fingerprint density at radius 3 is 2.71 bits per heavy atom. The summed E-state index contributed by atoms with van der Waals surface area (Å²) in [5.41, 5.74) is 5.28. The predicted molar refractivity (Wildman–Crippen MR) is 117 cm³/mol. The minimum Gasteiger partial charge on any atom is -0.343 e. The second-order valence-corrected chi connectivity index (χ2v) is 7.67. The summed E-state index contributed by atoms with van der Waals surface area (Å²) < 4.78 is 0. The molecule has 0 radical (unpaired) electrons. The average Bonchev–Trinajstić information content (AvgIpc) is 3.10. The fourth-order valence-electron chi connectivity index (χ4n) is 3.49. The van der Waals surface area contributed by atoms with Gasteiger partial charge in [0, 0.05) is 25.1 Å². The van der Waals surface area contributed by atoms with E-state index in [9.17, 15) is 4.79 Å². The van der Waals surface area contributed by atoms with Gasteiger partial charge in [-0.2, -0.15) is 0 Å². The van der Waals surface area contributed by atoms with Gasteiger partial charge in [0.05, 0.1) is 16.1 Å². The van der Waals surface area contributed by atoms with E-state index in [1.807, 2.05) is 24.0 Å². The highest BCUT2D eigenvalue weighted by atomic mass is 35.5. The van der Waals surface area contributed by atoms with Crippen LogP contribution in [0.15, 0.2) is 36.4 Å². The molecular formula is C23H28ClN3O. The number of rotatable bonds is 8. The van der Waals surface area contributed by atoms with Crippen molar-refractivity contribution in [2.45, 2.75) is 46.5 Å². The summed E-state index contributed by atoms with van der Waals surface area (Å²) in [6, 6.07) is 12.3. The lowest BCUT2D eigenvalue weighted by molar-refractivity contribution is -0.130. The van der Waals surface area contributed by atoms with Crippen molar-refractivity contribution >= 4 is 28.5 Å². The van der Waals surface area contributed by atoms with Crippen LogP contribution in [0.2, 0.25) is 5.02 Å². The summed E-state index contributed by atoms with van der Waals surface area (Å²) in [6.45, 7) is 7.72. The Kier molecular flexibility index (Phi) is 6.74. The molecule has 0 atom stereocenters. The van der Waals surface area contributed by atoms with Crippen molar-refractivity contribution in [2.75, 3.05) is 13.1 Å². The first-order valence-corrected chi connectivity index (χ1v) is 10.4. The summed E-state index contributed by atoms with van der Waals surface area (Å²) in [5.74, 6) is 1.03. The molecule has 1 amide bonds. The molecule has 0 aliphatic rings. The van der Waals surface area contributed by atoms with Gasteiger partial charge >= 0.3 is 0 Å². The fourth-order valence-corrected chi connectivity index (χ4v) is 3.70. The van der Waals surface area contributed by atoms with Crippen molar-refractivity contribution in [3.05, 3.63) is 52.5 Å². The first-order valence-electron chi connectivity index (χ1n) is 10.0. The zero-order chi connectivity index (χ0) is 20.1. The van der Waals surface area contributed by atoms with Gasteiger partial charge in [0.2, 0.25) is 5.91 Å². The van der Waals surface area contributed by atoms with Crippen LogP contribution in [0.3, 0.4) is 0 Å². The smallest absolute Gasteiger partial charge is 0.222 e. The number of aromatic amines is 1. The number of nitrogens with one attached hydrogen (secondary N) is 1. The molecule has 0 aliphatic carbocycles. The zero-order valence-corrected chi connectivity index (χ0v) is 17.6. The van der Waals surface area contributed by atoms with Crippen LogP contribution in [0.1, 0.15) is 44.2 Å². The van der Waals surface area contributed by atoms with Crippen molar-refractivity contribution in [2.24, 2.45) is 0 Å². The van der Waals surface area contributed by atoms with Crippen LogP contribution < -0.4 is 0 Å². The molecule has 3 rings (SSSR count). The number of carbonyl (C=O) groups is 1. The number of aromatic nitrogens is 2. The van der Waals surface area contributed by atoms with Gasteiger partial charge in [-0.05, 0) is 61.6 Å². The van der Waals surface area contributed by atoms with E-state index in [0.29, 0.717) is 11.4 Å². The van der Waals surface area contributed by atoms with Gasteiger partial charge in [-0.15, -0.1) is 0 Å². The maximum absolute atomic E-state index is 12.0. The molecule has 1 N–H and O–H groups in total. The van der Waals surface area contributed by atoms with Gasteiger partial charge < -0.3 is 9.88 Å². The van der Waals surface area contributed by atoms with Crippen LogP contribution in [0.5, 0.6) is 0 Å². The van der Waals surface area contributed by atoms with Gasteiger partial charge in [0.15, 0.2) is 0 Å². The minimum absolute atomic E-state index is 0.233. The SMILES string of the molecule is CCCN(CCCc1ccc(Cl)c(-c2nc3ccc(C)cc3[nH]2)c1)C(=O)CC. The number of amides is 1. The molecule has 148 valence electrons. The Morgan fingerprint density at radius 2 is 1.96 bits per heavy atom. The minimum atomic E-state index is 0.233. The van der Waals surface area contributed by atoms with Crippen molar-refractivity contribution in [1.29, 1.82) is 0 Å². The topological polar surface area (TPSA) is 49.0 Å². The summed E-state index contributed by atoms with van der Waals surface area (Å²) >= 11 is 6.46. The lowest BCUT2D eigenvalue weighted by Gasteiger charge is -2.21. The Bertz CT molecular complexity index is 964. The number of hydrogen-bond acceptors (Lipinski definition) is 2. The summed E-state index contributed by atoms with van der Waals surface area (Å²) in [7, 11) is 0. The number of halogens is 1. The number of nitrogens with zero attached hydrogens (tertiary/aromatic N) is 2. The number of imidazole rings is 1. The van der Waals surface area contributed by atoms with Gasteiger partial charge in [0.25, 0.3) is 0 Å². The second kappa shape index (κ2) is 9.24. The molecule has 0 saturated heterocycles. The lowest BCUT2D eigenvalue weighted by atomic mass is 10.1. The third-order valence-corrected chi connectivity index (χ3v) is 5.30. The van der Waals surface area contributed by atoms with Gasteiger partial charge in [-0.3, -0.25) is 4.79 Å². The summed E-state index contributed by atoms with van der Waals surface area (Å²) in [5, 5.41) is 0.688. The first kappa shape index (κ1) is 20.4. The molecular weight excluding hydrogens is 370 g/mol. The van der Waals surface area contributed by atoms with Crippen LogP contribution in [-0.4, -0.2) is 33.9 Å². The van der Waals surface area contributed by atoms with E-state index in [1.165, 1.54) is 11.1 Å². The summed E-state index contributed by atoms with van der Waals surface area (Å²) in [4.78, 5) is 22.1. The van der Waals surface area contributed by atoms with E-state index in [4.69, 9.17) is 16.6 Å². The normalized spacial score (nSPS) is 11.1. The van der Waals surface area contributed by atoms with E-state index in [2.05, 4.69) is 43.1 Å². The number of aryl methyl sites for hydroxylation is 2. The van der Waals surface area contributed by atoms with Crippen LogP contribution in [0, 0.1) is 6.92 Å². The highest BCUT2D eigenvalue weighted by Gasteiger charge is 2.12. The third-order valence-electron chi connectivity index (χ3n) is 4.97. The van der Waals surface area contributed by atoms with Gasteiger partial charge in [-0.1, -0.05) is 37.6 Å². The molecule has 0 saturated carbocycles. The molecule has 3 aromatic rings. The number of H-pyrrole nitrogens is 1. The molecule has 0 aliphatic heterocycles. The molecule has 5 heteroatoms. The number of benzene rings is 2. The predicted octanol–water partition coefficient (Wildman–Crippen LogP) is 5.77. The molecule has 1 aromatic heterocycles. The van der Waals surface area contributed by atoms with Crippen LogP contribution in [0.4, 0.5) is 0 Å². The van der Waals surface area contributed by atoms with Crippen molar-refractivity contribution in [1.82, 2.24) is 14.9 Å². The van der Waals surface area contributed by atoms with E-state index < -0.39 is 0 Å². The molecule has 4 nitrogen and oxygen atoms in total. The van der Waals surface area contributed by atoms with E-state index in [-0.39, 0.29) is 5.91 Å². The number of hydrogen-bond donors (Lipinski definition) is 1. The highest BCUT2D eigenvalue weighted by molar-refractivity contribution is 6.33. The Hall–Kier alpha value is -2.33. The molecule has 0 bridgehead atoms. The Morgan fingerprint density at radius 1 is 1.14 bits per heavy atom. The zero-order valence-electron chi connectivity index (χ0n) is 16.9. The van der Waals surface area contributed by atoms with Crippen LogP contribution in [-0.2, 0) is 11.2 Å². The highest BCUT2D eigenvalue weighted by Crippen LogP contribution is 2.29. The monoisotopic (exact) mass is 397 g/mol. The van der Waals surface area contributed by atoms with E-state index in [1.54, 1.807) is 0 Å². The van der Waals surface area contributed by atoms with Crippen LogP contribution in [0.25, 0.3) is 22.4 Å². The third kappa shape index (κ3) is 4.74. The molecule has 0 fully saturated rings. The Balaban J connectivity index is 1.74. The van der Waals surface area contributed by atoms with Gasteiger partial charge in [0.1, 0.15) is 5.82 Å². The van der Waals surface area contributed by atoms with Crippen molar-refractivity contribution in [3.8, 4) is 11.4 Å². The van der Waals surface area contributed by atoms with Crippen LogP contribution >= 0.6 is 11.6 Å². The fraction of sp³-hybridized carbons (Fsp3) is 0.391. The maximum Gasteiger partial charge on any atom is 0.222 e. The van der Waals surface area contributed by atoms with Crippen molar-refractivity contribution in [3.63, 3.8) is 0 Å².